The third-order valence-electron chi connectivity index (χ3n) is 3.10. The summed E-state index contributed by atoms with van der Waals surface area (Å²) in [6.07, 6.45) is 0.742. The normalized spacial score (nSPS) is 11.8. The maximum atomic E-state index is 12.0. The predicted octanol–water partition coefficient (Wildman–Crippen LogP) is 3.26. The Bertz CT molecular complexity index is 610. The summed E-state index contributed by atoms with van der Waals surface area (Å²) < 4.78 is 10.2. The molecule has 1 heterocycles. The first-order valence-electron chi connectivity index (χ1n) is 6.77. The Morgan fingerprint density at radius 2 is 2.19 bits per heavy atom. The van der Waals surface area contributed by atoms with E-state index < -0.39 is 0 Å². The zero-order chi connectivity index (χ0) is 15.2. The van der Waals surface area contributed by atoms with Crippen molar-refractivity contribution in [2.45, 2.75) is 26.3 Å². The van der Waals surface area contributed by atoms with Gasteiger partial charge in [0.15, 0.2) is 5.82 Å². The van der Waals surface area contributed by atoms with Crippen LogP contribution < -0.4 is 15.4 Å². The van der Waals surface area contributed by atoms with Crippen molar-refractivity contribution in [2.24, 2.45) is 0 Å². The van der Waals surface area contributed by atoms with Crippen molar-refractivity contribution >= 4 is 11.8 Å². The fraction of sp³-hybridized carbons (Fsp3) is 0.333. The highest BCUT2D eigenvalue weighted by molar-refractivity contribution is 5.88. The molecule has 0 radical (unpaired) electrons. The van der Waals surface area contributed by atoms with Crippen LogP contribution in [-0.2, 0) is 0 Å². The first-order chi connectivity index (χ1) is 10.1. The molecule has 1 aromatic heterocycles. The van der Waals surface area contributed by atoms with Crippen LogP contribution in [-0.4, -0.2) is 18.3 Å². The average molecular weight is 289 g/mol. The van der Waals surface area contributed by atoms with E-state index in [4.69, 9.17) is 9.26 Å². The van der Waals surface area contributed by atoms with Crippen LogP contribution in [0.2, 0.25) is 0 Å². The number of hydrogen-bond acceptors (Lipinski definition) is 4. The number of rotatable bonds is 5. The van der Waals surface area contributed by atoms with Gasteiger partial charge in [-0.1, -0.05) is 30.3 Å². The second-order valence-corrected chi connectivity index (χ2v) is 4.62. The largest absolute Gasteiger partial charge is 0.496 e. The first kappa shape index (κ1) is 14.9. The highest BCUT2D eigenvalue weighted by Crippen LogP contribution is 2.26. The summed E-state index contributed by atoms with van der Waals surface area (Å²) in [6.45, 7) is 3.76. The molecule has 0 saturated carbocycles. The van der Waals surface area contributed by atoms with Gasteiger partial charge in [-0.3, -0.25) is 5.32 Å². The van der Waals surface area contributed by atoms with Crippen molar-refractivity contribution in [1.29, 1.82) is 0 Å². The third-order valence-corrected chi connectivity index (χ3v) is 3.10. The Hall–Kier alpha value is -2.50. The number of hydrogen-bond donors (Lipinski definition) is 2. The first-order valence-corrected chi connectivity index (χ1v) is 6.77. The molecule has 0 saturated heterocycles. The van der Waals surface area contributed by atoms with E-state index in [1.54, 1.807) is 20.1 Å². The van der Waals surface area contributed by atoms with Gasteiger partial charge in [0.1, 0.15) is 11.5 Å². The average Bonchev–Trinajstić information content (AvgIpc) is 2.89. The highest BCUT2D eigenvalue weighted by Gasteiger charge is 2.17. The zero-order valence-electron chi connectivity index (χ0n) is 12.3. The fourth-order valence-corrected chi connectivity index (χ4v) is 2.09. The predicted molar refractivity (Wildman–Crippen MR) is 79.4 cm³/mol. The van der Waals surface area contributed by atoms with E-state index >= 15 is 0 Å². The van der Waals surface area contributed by atoms with E-state index in [9.17, 15) is 4.79 Å². The van der Waals surface area contributed by atoms with Gasteiger partial charge in [-0.25, -0.2) is 4.79 Å². The molecular formula is C15H19N3O3. The smallest absolute Gasteiger partial charge is 0.320 e. The number of nitrogens with one attached hydrogen (secondary N) is 2. The summed E-state index contributed by atoms with van der Waals surface area (Å²) in [6, 6.07) is 8.81. The molecule has 0 spiro atoms. The Balaban J connectivity index is 2.06. The maximum Gasteiger partial charge on any atom is 0.320 e. The van der Waals surface area contributed by atoms with Crippen molar-refractivity contribution in [2.75, 3.05) is 12.4 Å². The molecule has 1 atom stereocenters. The number of methoxy groups -OCH3 is 1. The lowest BCUT2D eigenvalue weighted by Gasteiger charge is -2.19. The molecule has 0 fully saturated rings. The molecule has 0 bridgehead atoms. The van der Waals surface area contributed by atoms with Crippen molar-refractivity contribution in [1.82, 2.24) is 10.5 Å². The summed E-state index contributed by atoms with van der Waals surface area (Å²) in [4.78, 5) is 12.0. The Morgan fingerprint density at radius 1 is 1.43 bits per heavy atom. The molecule has 0 aliphatic heterocycles. The minimum atomic E-state index is -0.332. The number of anilines is 1. The van der Waals surface area contributed by atoms with Gasteiger partial charge in [-0.05, 0) is 19.4 Å². The number of amides is 2. The topological polar surface area (TPSA) is 76.4 Å². The van der Waals surface area contributed by atoms with Gasteiger partial charge in [-0.2, -0.15) is 0 Å². The molecular weight excluding hydrogens is 270 g/mol. The number of ether oxygens (including phenoxy) is 1. The molecule has 6 nitrogen and oxygen atoms in total. The molecule has 2 aromatic rings. The van der Waals surface area contributed by atoms with E-state index in [1.165, 1.54) is 0 Å². The summed E-state index contributed by atoms with van der Waals surface area (Å²) >= 11 is 0. The van der Waals surface area contributed by atoms with E-state index in [0.29, 0.717) is 11.6 Å². The van der Waals surface area contributed by atoms with Gasteiger partial charge >= 0.3 is 6.03 Å². The second-order valence-electron chi connectivity index (χ2n) is 4.62. The number of carbonyl (C=O) groups is 1. The lowest BCUT2D eigenvalue weighted by Crippen LogP contribution is -2.32. The lowest BCUT2D eigenvalue weighted by molar-refractivity contribution is 0.247. The van der Waals surface area contributed by atoms with E-state index in [0.717, 1.165) is 17.7 Å². The summed E-state index contributed by atoms with van der Waals surface area (Å²) in [5.74, 6) is 1.78. The van der Waals surface area contributed by atoms with Crippen LogP contribution in [0.1, 0.15) is 30.7 Å². The van der Waals surface area contributed by atoms with Gasteiger partial charge in [0, 0.05) is 11.6 Å². The fourth-order valence-electron chi connectivity index (χ4n) is 2.09. The Kier molecular flexibility index (Phi) is 4.81. The molecule has 6 heteroatoms. The molecule has 0 aliphatic rings. The second kappa shape index (κ2) is 6.78. The van der Waals surface area contributed by atoms with Gasteiger partial charge in [-0.15, -0.1) is 0 Å². The highest BCUT2D eigenvalue weighted by atomic mass is 16.5. The zero-order valence-corrected chi connectivity index (χ0v) is 12.3. The number of aryl methyl sites for hydroxylation is 1. The molecule has 0 aliphatic carbocycles. The number of aromatic nitrogens is 1. The van der Waals surface area contributed by atoms with Crippen LogP contribution in [0.5, 0.6) is 5.75 Å². The van der Waals surface area contributed by atoms with Gasteiger partial charge in [0.2, 0.25) is 0 Å². The minimum absolute atomic E-state index is 0.144. The monoisotopic (exact) mass is 289 g/mol. The summed E-state index contributed by atoms with van der Waals surface area (Å²) in [7, 11) is 1.61. The standard InChI is InChI=1S/C15H19N3O3/c1-4-12(11-7-5-6-8-13(11)20-3)16-15(19)17-14-9-10(2)21-18-14/h5-9,12H,4H2,1-3H3,(H2,16,17,18,19). The van der Waals surface area contributed by atoms with E-state index in [1.807, 2.05) is 31.2 Å². The SMILES string of the molecule is CCC(NC(=O)Nc1cc(C)on1)c1ccccc1OC. The van der Waals surface area contributed by atoms with Gasteiger partial charge in [0.05, 0.1) is 13.2 Å². The van der Waals surface area contributed by atoms with Crippen LogP contribution in [0.3, 0.4) is 0 Å². The maximum absolute atomic E-state index is 12.0. The van der Waals surface area contributed by atoms with Crippen LogP contribution in [0.4, 0.5) is 10.6 Å². The van der Waals surface area contributed by atoms with Crippen LogP contribution >= 0.6 is 0 Å². The van der Waals surface area contributed by atoms with Crippen molar-refractivity contribution in [3.05, 3.63) is 41.7 Å². The number of benzene rings is 1. The molecule has 2 N–H and O–H groups in total. The Labute approximate surface area is 123 Å². The van der Waals surface area contributed by atoms with Crippen LogP contribution in [0.25, 0.3) is 0 Å². The van der Waals surface area contributed by atoms with Crippen LogP contribution in [0.15, 0.2) is 34.9 Å². The molecule has 21 heavy (non-hydrogen) atoms. The molecule has 112 valence electrons. The summed E-state index contributed by atoms with van der Waals surface area (Å²) in [5.41, 5.74) is 0.939. The van der Waals surface area contributed by atoms with Gasteiger partial charge in [0.25, 0.3) is 0 Å². The molecule has 1 unspecified atom stereocenters. The molecule has 2 rings (SSSR count). The number of nitrogens with zero attached hydrogens (tertiary/aromatic N) is 1. The molecule has 1 aromatic carbocycles. The summed E-state index contributed by atoms with van der Waals surface area (Å²) in [5, 5.41) is 9.27. The van der Waals surface area contributed by atoms with E-state index in [2.05, 4.69) is 15.8 Å². The third kappa shape index (κ3) is 3.75. The minimum Gasteiger partial charge on any atom is -0.496 e. The van der Waals surface area contributed by atoms with Crippen molar-refractivity contribution in [3.63, 3.8) is 0 Å². The number of carbonyl (C=O) groups excluding carboxylic acids is 1. The molecule has 2 amide bonds. The van der Waals surface area contributed by atoms with Crippen LogP contribution in [0, 0.1) is 6.92 Å². The van der Waals surface area contributed by atoms with E-state index in [-0.39, 0.29) is 12.1 Å². The quantitative estimate of drug-likeness (QED) is 0.885. The van der Waals surface area contributed by atoms with Crippen molar-refractivity contribution in [3.8, 4) is 5.75 Å². The Morgan fingerprint density at radius 3 is 2.81 bits per heavy atom. The lowest BCUT2D eigenvalue weighted by atomic mass is 10.0. The van der Waals surface area contributed by atoms with Crippen molar-refractivity contribution < 1.29 is 14.1 Å². The number of para-hydroxylation sites is 1. The van der Waals surface area contributed by atoms with Gasteiger partial charge < -0.3 is 14.6 Å². The number of urea groups is 1.